The first-order chi connectivity index (χ1) is 19.8. The molecule has 0 aliphatic heterocycles. The second-order valence-corrected chi connectivity index (χ2v) is 12.6. The molecule has 3 aromatic carbocycles. The van der Waals surface area contributed by atoms with E-state index in [-0.39, 0.29) is 30.0 Å². The molecule has 0 radical (unpaired) electrons. The van der Waals surface area contributed by atoms with Gasteiger partial charge in [-0.05, 0) is 72.5 Å². The van der Waals surface area contributed by atoms with Crippen LogP contribution in [0.1, 0.15) is 43.2 Å². The summed E-state index contributed by atoms with van der Waals surface area (Å²) >= 11 is 3.31. The highest BCUT2D eigenvalue weighted by molar-refractivity contribution is 9.10. The second kappa shape index (κ2) is 14.9. The standard InChI is InChI=1S/C30H33BrN4O5S/c31-25-13-17-28(18-14-25)41(38,39)35(20-24-7-3-1-4-8-24)21-29(36)34-32-19-23-11-15-27(16-12-23)40-22-30(37)33-26-9-5-2-6-10-26/h1,3-4,7-8,11-19,26H,2,5-6,9-10,20-22H2,(H,33,37)(H,34,36). The number of hydrazone groups is 1. The van der Waals surface area contributed by atoms with Gasteiger partial charge < -0.3 is 10.1 Å². The topological polar surface area (TPSA) is 117 Å². The van der Waals surface area contributed by atoms with Gasteiger partial charge in [-0.1, -0.05) is 65.5 Å². The maximum absolute atomic E-state index is 13.4. The Kier molecular flexibility index (Phi) is 11.1. The van der Waals surface area contributed by atoms with E-state index < -0.39 is 22.5 Å². The van der Waals surface area contributed by atoms with Crippen LogP contribution < -0.4 is 15.5 Å². The lowest BCUT2D eigenvalue weighted by Crippen LogP contribution is -2.39. The van der Waals surface area contributed by atoms with Crippen molar-refractivity contribution in [1.82, 2.24) is 15.0 Å². The van der Waals surface area contributed by atoms with Crippen LogP contribution in [0.5, 0.6) is 5.75 Å². The molecule has 1 aliphatic carbocycles. The summed E-state index contributed by atoms with van der Waals surface area (Å²) in [5.74, 6) is -0.171. The number of hydrogen-bond donors (Lipinski definition) is 2. The number of carbonyl (C=O) groups is 2. The summed E-state index contributed by atoms with van der Waals surface area (Å²) in [5.41, 5.74) is 3.84. The Balaban J connectivity index is 1.31. The number of sulfonamides is 1. The zero-order chi connectivity index (χ0) is 29.1. The second-order valence-electron chi connectivity index (χ2n) is 9.77. The lowest BCUT2D eigenvalue weighted by Gasteiger charge is -2.22. The summed E-state index contributed by atoms with van der Waals surface area (Å²) in [6, 6.07) is 22.5. The van der Waals surface area contributed by atoms with Gasteiger partial charge in [0.05, 0.1) is 17.7 Å². The van der Waals surface area contributed by atoms with Crippen molar-refractivity contribution in [3.05, 3.63) is 94.5 Å². The summed E-state index contributed by atoms with van der Waals surface area (Å²) in [7, 11) is -3.96. The zero-order valence-electron chi connectivity index (χ0n) is 22.5. The third-order valence-electron chi connectivity index (χ3n) is 6.60. The van der Waals surface area contributed by atoms with Crippen LogP contribution in [-0.2, 0) is 26.2 Å². The van der Waals surface area contributed by atoms with E-state index in [0.717, 1.165) is 40.0 Å². The summed E-state index contributed by atoms with van der Waals surface area (Å²) in [6.07, 6.45) is 7.00. The molecule has 1 fully saturated rings. The van der Waals surface area contributed by atoms with Crippen LogP contribution in [0.2, 0.25) is 0 Å². The molecule has 41 heavy (non-hydrogen) atoms. The van der Waals surface area contributed by atoms with Gasteiger partial charge in [-0.2, -0.15) is 9.41 Å². The predicted molar refractivity (Wildman–Crippen MR) is 161 cm³/mol. The number of carbonyl (C=O) groups excluding carboxylic acids is 2. The fourth-order valence-corrected chi connectivity index (χ4v) is 6.11. The maximum Gasteiger partial charge on any atom is 0.258 e. The fourth-order valence-electron chi connectivity index (χ4n) is 4.46. The first kappa shape index (κ1) is 30.4. The summed E-state index contributed by atoms with van der Waals surface area (Å²) < 4.78 is 34.2. The molecule has 0 spiro atoms. The molecule has 2 amide bonds. The van der Waals surface area contributed by atoms with Gasteiger partial charge in [0, 0.05) is 17.1 Å². The highest BCUT2D eigenvalue weighted by Gasteiger charge is 2.27. The van der Waals surface area contributed by atoms with E-state index in [1.54, 1.807) is 48.5 Å². The van der Waals surface area contributed by atoms with Crippen molar-refractivity contribution in [2.75, 3.05) is 13.2 Å². The summed E-state index contributed by atoms with van der Waals surface area (Å²) in [5, 5.41) is 7.00. The smallest absolute Gasteiger partial charge is 0.258 e. The first-order valence-corrected chi connectivity index (χ1v) is 15.7. The van der Waals surface area contributed by atoms with Gasteiger partial charge in [-0.15, -0.1) is 0 Å². The number of nitrogens with one attached hydrogen (secondary N) is 2. The van der Waals surface area contributed by atoms with Crippen LogP contribution >= 0.6 is 15.9 Å². The fraction of sp³-hybridized carbons (Fsp3) is 0.300. The predicted octanol–water partition coefficient (Wildman–Crippen LogP) is 4.62. The minimum atomic E-state index is -3.96. The molecule has 9 nitrogen and oxygen atoms in total. The Morgan fingerprint density at radius 3 is 2.29 bits per heavy atom. The Labute approximate surface area is 249 Å². The molecule has 0 heterocycles. The van der Waals surface area contributed by atoms with E-state index in [4.69, 9.17) is 4.74 Å². The molecule has 4 rings (SSSR count). The molecule has 0 bridgehead atoms. The SMILES string of the molecule is O=C(CN(Cc1ccccc1)S(=O)(=O)c1ccc(Br)cc1)NN=Cc1ccc(OCC(=O)NC2CCCCC2)cc1. The number of benzene rings is 3. The summed E-state index contributed by atoms with van der Waals surface area (Å²) in [6.45, 7) is -0.445. The number of hydrogen-bond acceptors (Lipinski definition) is 6. The van der Waals surface area contributed by atoms with Crippen LogP contribution in [0, 0.1) is 0 Å². The van der Waals surface area contributed by atoms with Crippen molar-refractivity contribution < 1.29 is 22.7 Å². The quantitative estimate of drug-likeness (QED) is 0.221. The van der Waals surface area contributed by atoms with Gasteiger partial charge in [-0.3, -0.25) is 9.59 Å². The molecular weight excluding hydrogens is 608 g/mol. The molecule has 1 aliphatic rings. The van der Waals surface area contributed by atoms with Crippen molar-refractivity contribution in [1.29, 1.82) is 0 Å². The molecule has 1 saturated carbocycles. The number of rotatable bonds is 12. The monoisotopic (exact) mass is 640 g/mol. The van der Waals surface area contributed by atoms with E-state index >= 15 is 0 Å². The Bertz CT molecular complexity index is 1430. The lowest BCUT2D eigenvalue weighted by molar-refractivity contribution is -0.124. The maximum atomic E-state index is 13.4. The van der Waals surface area contributed by atoms with Crippen molar-refractivity contribution in [2.24, 2.45) is 5.10 Å². The Morgan fingerprint density at radius 1 is 0.927 bits per heavy atom. The van der Waals surface area contributed by atoms with Crippen LogP contribution in [-0.4, -0.2) is 49.9 Å². The molecule has 0 atom stereocenters. The van der Waals surface area contributed by atoms with E-state index in [9.17, 15) is 18.0 Å². The third-order valence-corrected chi connectivity index (χ3v) is 8.93. The van der Waals surface area contributed by atoms with Crippen molar-refractivity contribution in [3.63, 3.8) is 0 Å². The van der Waals surface area contributed by atoms with Crippen LogP contribution in [0.25, 0.3) is 0 Å². The Hall–Kier alpha value is -3.54. The minimum Gasteiger partial charge on any atom is -0.484 e. The molecule has 216 valence electrons. The normalized spacial score (nSPS) is 14.2. The lowest BCUT2D eigenvalue weighted by atomic mass is 9.95. The van der Waals surface area contributed by atoms with Gasteiger partial charge in [0.25, 0.3) is 11.8 Å². The molecule has 2 N–H and O–H groups in total. The number of amides is 2. The van der Waals surface area contributed by atoms with Crippen LogP contribution in [0.3, 0.4) is 0 Å². The van der Waals surface area contributed by atoms with E-state index in [1.807, 2.05) is 18.2 Å². The summed E-state index contributed by atoms with van der Waals surface area (Å²) in [4.78, 5) is 25.0. The average Bonchev–Trinajstić information content (AvgIpc) is 2.98. The van der Waals surface area contributed by atoms with Gasteiger partial charge >= 0.3 is 0 Å². The minimum absolute atomic E-state index is 0.0243. The largest absolute Gasteiger partial charge is 0.484 e. The van der Waals surface area contributed by atoms with Crippen LogP contribution in [0.15, 0.2) is 93.3 Å². The molecule has 0 unspecified atom stereocenters. The molecule has 11 heteroatoms. The Morgan fingerprint density at radius 2 is 1.61 bits per heavy atom. The highest BCUT2D eigenvalue weighted by atomic mass is 79.9. The third kappa shape index (κ3) is 9.51. The van der Waals surface area contributed by atoms with Gasteiger partial charge in [-0.25, -0.2) is 13.8 Å². The van der Waals surface area contributed by atoms with E-state index in [2.05, 4.69) is 31.8 Å². The zero-order valence-corrected chi connectivity index (χ0v) is 24.9. The van der Waals surface area contributed by atoms with Crippen molar-refractivity contribution in [3.8, 4) is 5.75 Å². The molecule has 3 aromatic rings. The molecule has 0 saturated heterocycles. The average molecular weight is 642 g/mol. The van der Waals surface area contributed by atoms with Gasteiger partial charge in [0.15, 0.2) is 6.61 Å². The number of halogens is 1. The van der Waals surface area contributed by atoms with Gasteiger partial charge in [0.1, 0.15) is 5.75 Å². The molecular formula is C30H33BrN4O5S. The number of ether oxygens (including phenoxy) is 1. The van der Waals surface area contributed by atoms with Crippen molar-refractivity contribution >= 4 is 44.0 Å². The van der Waals surface area contributed by atoms with Crippen LogP contribution in [0.4, 0.5) is 0 Å². The van der Waals surface area contributed by atoms with Crippen molar-refractivity contribution in [2.45, 2.75) is 49.6 Å². The van der Waals surface area contributed by atoms with E-state index in [0.29, 0.717) is 11.3 Å². The molecule has 0 aromatic heterocycles. The van der Waals surface area contributed by atoms with E-state index in [1.165, 1.54) is 24.8 Å². The first-order valence-electron chi connectivity index (χ1n) is 13.4. The van der Waals surface area contributed by atoms with Gasteiger partial charge in [0.2, 0.25) is 10.0 Å². The highest BCUT2D eigenvalue weighted by Crippen LogP contribution is 2.21. The number of nitrogens with zero attached hydrogens (tertiary/aromatic N) is 2.